The molecule has 0 spiro atoms. The molecule has 6 heteroatoms. The van der Waals surface area contributed by atoms with Gasteiger partial charge in [-0.3, -0.25) is 4.98 Å². The van der Waals surface area contributed by atoms with E-state index in [2.05, 4.69) is 9.97 Å². The normalized spacial score (nSPS) is 12.3. The van der Waals surface area contributed by atoms with Gasteiger partial charge < -0.3 is 10.5 Å². The van der Waals surface area contributed by atoms with Crippen LogP contribution in [-0.4, -0.2) is 17.1 Å². The van der Waals surface area contributed by atoms with E-state index in [-0.39, 0.29) is 17.1 Å². The van der Waals surface area contributed by atoms with Gasteiger partial charge in [0.15, 0.2) is 0 Å². The summed E-state index contributed by atoms with van der Waals surface area (Å²) in [5.41, 5.74) is 6.17. The predicted molar refractivity (Wildman–Crippen MR) is 65.7 cm³/mol. The van der Waals surface area contributed by atoms with Gasteiger partial charge in [0.2, 0.25) is 5.88 Å². The first-order valence-corrected chi connectivity index (χ1v) is 5.61. The number of aromatic nitrogens is 2. The van der Waals surface area contributed by atoms with Gasteiger partial charge in [-0.15, -0.1) is 0 Å². The molecule has 0 bridgehead atoms. The van der Waals surface area contributed by atoms with Crippen molar-refractivity contribution in [2.45, 2.75) is 13.0 Å². The molecule has 2 N–H and O–H groups in total. The van der Waals surface area contributed by atoms with Crippen molar-refractivity contribution in [2.24, 2.45) is 5.73 Å². The fourth-order valence-electron chi connectivity index (χ4n) is 1.81. The Kier molecular flexibility index (Phi) is 3.71. The summed E-state index contributed by atoms with van der Waals surface area (Å²) in [6.07, 6.45) is 2.81. The van der Waals surface area contributed by atoms with Crippen molar-refractivity contribution >= 4 is 0 Å². The van der Waals surface area contributed by atoms with E-state index in [0.717, 1.165) is 0 Å². The molecule has 0 aliphatic heterocycles. The smallest absolute Gasteiger partial charge is 0.237 e. The van der Waals surface area contributed by atoms with Crippen LogP contribution in [0.4, 0.5) is 8.78 Å². The molecule has 100 valence electrons. The Hall–Kier alpha value is -2.08. The zero-order valence-corrected chi connectivity index (χ0v) is 10.5. The maximum absolute atomic E-state index is 14.0. The lowest BCUT2D eigenvalue weighted by Gasteiger charge is -2.16. The van der Waals surface area contributed by atoms with Crippen LogP contribution in [0.1, 0.15) is 22.9 Å². The van der Waals surface area contributed by atoms with Crippen LogP contribution in [-0.2, 0) is 0 Å². The molecule has 0 amide bonds. The zero-order valence-electron chi connectivity index (χ0n) is 10.5. The van der Waals surface area contributed by atoms with Crippen LogP contribution in [0, 0.1) is 18.6 Å². The summed E-state index contributed by atoms with van der Waals surface area (Å²) in [7, 11) is 1.39. The number of methoxy groups -OCH3 is 1. The molecular formula is C13H13F2N3O. The lowest BCUT2D eigenvalue weighted by molar-refractivity contribution is 0.385. The molecule has 0 aliphatic rings. The molecule has 0 radical (unpaired) electrons. The monoisotopic (exact) mass is 265 g/mol. The third kappa shape index (κ3) is 2.39. The highest BCUT2D eigenvalue weighted by atomic mass is 19.1. The molecule has 1 aromatic heterocycles. The van der Waals surface area contributed by atoms with E-state index in [9.17, 15) is 8.78 Å². The van der Waals surface area contributed by atoms with Gasteiger partial charge in [0.1, 0.15) is 17.3 Å². The van der Waals surface area contributed by atoms with Crippen LogP contribution in [0.25, 0.3) is 0 Å². The molecule has 1 atom stereocenters. The van der Waals surface area contributed by atoms with Crippen LogP contribution >= 0.6 is 0 Å². The van der Waals surface area contributed by atoms with E-state index in [1.165, 1.54) is 31.6 Å². The molecule has 0 saturated heterocycles. The number of halogens is 2. The Morgan fingerprint density at radius 1 is 1.21 bits per heavy atom. The third-order valence-electron chi connectivity index (χ3n) is 2.81. The van der Waals surface area contributed by atoms with Gasteiger partial charge in [-0.05, 0) is 18.6 Å². The second kappa shape index (κ2) is 5.27. The van der Waals surface area contributed by atoms with Crippen LogP contribution in [0.5, 0.6) is 5.88 Å². The average molecular weight is 265 g/mol. The van der Waals surface area contributed by atoms with E-state index in [1.807, 2.05) is 0 Å². The Labute approximate surface area is 109 Å². The summed E-state index contributed by atoms with van der Waals surface area (Å²) in [5.74, 6) is -1.25. The van der Waals surface area contributed by atoms with Gasteiger partial charge in [-0.2, -0.15) is 0 Å². The number of nitrogens with two attached hydrogens (primary N) is 1. The lowest BCUT2D eigenvalue weighted by Crippen LogP contribution is -2.19. The molecule has 0 fully saturated rings. The summed E-state index contributed by atoms with van der Waals surface area (Å²) in [6, 6.07) is 1.45. The molecule has 1 aromatic carbocycles. The molecule has 19 heavy (non-hydrogen) atoms. The van der Waals surface area contributed by atoms with Crippen molar-refractivity contribution in [2.75, 3.05) is 7.11 Å². The van der Waals surface area contributed by atoms with Gasteiger partial charge in [0, 0.05) is 18.0 Å². The Morgan fingerprint density at radius 3 is 2.58 bits per heavy atom. The van der Waals surface area contributed by atoms with Crippen molar-refractivity contribution in [3.8, 4) is 5.88 Å². The molecule has 2 rings (SSSR count). The molecule has 1 heterocycles. The van der Waals surface area contributed by atoms with Crippen LogP contribution in [0.3, 0.4) is 0 Å². The Balaban J connectivity index is 2.56. The minimum atomic E-state index is -1.08. The summed E-state index contributed by atoms with van der Waals surface area (Å²) in [4.78, 5) is 7.91. The standard InChI is InChI=1S/C13H13F2N3O/c1-7-3-4-8(14)9(10(7)15)11(16)12-13(19-2)18-6-5-17-12/h3-6,11H,16H2,1-2H3. The number of hydrogen-bond donors (Lipinski definition) is 1. The zero-order chi connectivity index (χ0) is 14.0. The quantitative estimate of drug-likeness (QED) is 0.923. The van der Waals surface area contributed by atoms with Crippen molar-refractivity contribution in [3.63, 3.8) is 0 Å². The second-order valence-corrected chi connectivity index (χ2v) is 4.02. The first-order chi connectivity index (χ1) is 9.06. The molecule has 4 nitrogen and oxygen atoms in total. The van der Waals surface area contributed by atoms with Crippen molar-refractivity contribution in [3.05, 3.63) is 53.0 Å². The van der Waals surface area contributed by atoms with Crippen molar-refractivity contribution < 1.29 is 13.5 Å². The largest absolute Gasteiger partial charge is 0.480 e. The molecule has 1 unspecified atom stereocenters. The topological polar surface area (TPSA) is 61.0 Å². The van der Waals surface area contributed by atoms with Gasteiger partial charge >= 0.3 is 0 Å². The third-order valence-corrected chi connectivity index (χ3v) is 2.81. The summed E-state index contributed by atoms with van der Waals surface area (Å²) in [5, 5.41) is 0. The van der Waals surface area contributed by atoms with Gasteiger partial charge in [0.25, 0.3) is 0 Å². The van der Waals surface area contributed by atoms with Gasteiger partial charge in [-0.1, -0.05) is 6.07 Å². The highest BCUT2D eigenvalue weighted by molar-refractivity contribution is 5.36. The first kappa shape index (κ1) is 13.4. The maximum atomic E-state index is 14.0. The predicted octanol–water partition coefficient (Wildman–Crippen LogP) is 2.12. The van der Waals surface area contributed by atoms with E-state index in [1.54, 1.807) is 6.92 Å². The number of hydrogen-bond acceptors (Lipinski definition) is 4. The Bertz CT molecular complexity index is 604. The number of benzene rings is 1. The van der Waals surface area contributed by atoms with Crippen LogP contribution < -0.4 is 10.5 Å². The van der Waals surface area contributed by atoms with Crippen molar-refractivity contribution in [1.82, 2.24) is 9.97 Å². The second-order valence-electron chi connectivity index (χ2n) is 4.02. The maximum Gasteiger partial charge on any atom is 0.237 e. The number of rotatable bonds is 3. The van der Waals surface area contributed by atoms with E-state index >= 15 is 0 Å². The molecular weight excluding hydrogens is 252 g/mol. The number of nitrogens with zero attached hydrogens (tertiary/aromatic N) is 2. The average Bonchev–Trinajstić information content (AvgIpc) is 2.43. The Morgan fingerprint density at radius 2 is 1.89 bits per heavy atom. The van der Waals surface area contributed by atoms with Gasteiger partial charge in [-0.25, -0.2) is 13.8 Å². The first-order valence-electron chi connectivity index (χ1n) is 5.61. The minimum absolute atomic E-state index is 0.148. The van der Waals surface area contributed by atoms with Crippen molar-refractivity contribution in [1.29, 1.82) is 0 Å². The molecule has 0 aliphatic carbocycles. The fraction of sp³-hybridized carbons (Fsp3) is 0.231. The van der Waals surface area contributed by atoms with E-state index < -0.39 is 17.7 Å². The minimum Gasteiger partial charge on any atom is -0.480 e. The fourth-order valence-corrected chi connectivity index (χ4v) is 1.81. The van der Waals surface area contributed by atoms with E-state index in [4.69, 9.17) is 10.5 Å². The van der Waals surface area contributed by atoms with Crippen LogP contribution in [0.2, 0.25) is 0 Å². The molecule has 0 saturated carbocycles. The highest BCUT2D eigenvalue weighted by Crippen LogP contribution is 2.29. The van der Waals surface area contributed by atoms with Crippen LogP contribution in [0.15, 0.2) is 24.5 Å². The molecule has 2 aromatic rings. The summed E-state index contributed by atoms with van der Waals surface area (Å²) >= 11 is 0. The number of aryl methyl sites for hydroxylation is 1. The van der Waals surface area contributed by atoms with E-state index in [0.29, 0.717) is 5.56 Å². The van der Waals surface area contributed by atoms with Gasteiger partial charge in [0.05, 0.1) is 13.2 Å². The summed E-state index contributed by atoms with van der Waals surface area (Å²) < 4.78 is 32.8. The highest BCUT2D eigenvalue weighted by Gasteiger charge is 2.24. The summed E-state index contributed by atoms with van der Waals surface area (Å²) in [6.45, 7) is 1.54. The lowest BCUT2D eigenvalue weighted by atomic mass is 10.0. The number of ether oxygens (including phenoxy) is 1. The SMILES string of the molecule is COc1nccnc1C(N)c1c(F)ccc(C)c1F.